The molecular weight excluding hydrogens is 388 g/mol. The van der Waals surface area contributed by atoms with E-state index in [-0.39, 0.29) is 11.9 Å². The Kier molecular flexibility index (Phi) is 5.10. The van der Waals surface area contributed by atoms with Gasteiger partial charge in [-0.25, -0.2) is 0 Å². The number of aliphatic hydroxyl groups excluding tert-OH is 1. The molecule has 0 bridgehead atoms. The minimum Gasteiger partial charge on any atom is -0.391 e. The van der Waals surface area contributed by atoms with E-state index in [0.29, 0.717) is 6.54 Å². The third-order valence-electron chi connectivity index (χ3n) is 6.73. The van der Waals surface area contributed by atoms with Crippen molar-refractivity contribution in [2.75, 3.05) is 0 Å². The second-order valence-corrected chi connectivity index (χ2v) is 8.78. The molecule has 1 aliphatic carbocycles. The standard InChI is InChI=1S/C25H28N4O2/c1-3-17-12-20-14-29(23-5-4-6-24(23)30)25(31)21(20)13-19(17)11-16-7-9-18(10-8-16)22-15-28(2)27-26-22/h7-10,12-13,15,23-24,30H,3-6,11,14H2,1-2H3/t23-,24-/m0/s1. The van der Waals surface area contributed by atoms with Crippen LogP contribution in [0.4, 0.5) is 0 Å². The molecule has 2 heterocycles. The van der Waals surface area contributed by atoms with Crippen molar-refractivity contribution >= 4 is 5.91 Å². The van der Waals surface area contributed by atoms with Crippen LogP contribution in [0.25, 0.3) is 11.3 Å². The number of fused-ring (bicyclic) bond motifs is 1. The van der Waals surface area contributed by atoms with Gasteiger partial charge in [0.2, 0.25) is 0 Å². The predicted molar refractivity (Wildman–Crippen MR) is 119 cm³/mol. The first-order valence-corrected chi connectivity index (χ1v) is 11.1. The number of hydrogen-bond donors (Lipinski definition) is 1. The van der Waals surface area contributed by atoms with Crippen molar-refractivity contribution in [3.05, 3.63) is 70.4 Å². The van der Waals surface area contributed by atoms with E-state index in [2.05, 4.69) is 53.6 Å². The Morgan fingerprint density at radius 3 is 2.58 bits per heavy atom. The van der Waals surface area contributed by atoms with Gasteiger partial charge in [-0.3, -0.25) is 9.48 Å². The van der Waals surface area contributed by atoms with Gasteiger partial charge < -0.3 is 10.0 Å². The van der Waals surface area contributed by atoms with E-state index in [0.717, 1.165) is 54.5 Å². The van der Waals surface area contributed by atoms with Gasteiger partial charge in [0.05, 0.1) is 18.3 Å². The summed E-state index contributed by atoms with van der Waals surface area (Å²) in [6.45, 7) is 2.79. The molecule has 3 aromatic rings. The van der Waals surface area contributed by atoms with Gasteiger partial charge in [0.1, 0.15) is 5.69 Å². The Morgan fingerprint density at radius 1 is 1.13 bits per heavy atom. The van der Waals surface area contributed by atoms with Crippen LogP contribution in [0.15, 0.2) is 42.6 Å². The summed E-state index contributed by atoms with van der Waals surface area (Å²) in [5.41, 5.74) is 7.51. The lowest BCUT2D eigenvalue weighted by molar-refractivity contribution is 0.0479. The number of rotatable bonds is 5. The van der Waals surface area contributed by atoms with E-state index < -0.39 is 6.10 Å². The third-order valence-corrected chi connectivity index (χ3v) is 6.73. The van der Waals surface area contributed by atoms with Crippen LogP contribution in [-0.4, -0.2) is 43.1 Å². The van der Waals surface area contributed by atoms with Crippen molar-refractivity contribution < 1.29 is 9.90 Å². The molecule has 160 valence electrons. The molecule has 1 fully saturated rings. The smallest absolute Gasteiger partial charge is 0.254 e. The number of hydrogen-bond acceptors (Lipinski definition) is 4. The molecule has 6 heteroatoms. The number of carbonyl (C=O) groups excluding carboxylic acids is 1. The maximum Gasteiger partial charge on any atom is 0.254 e. The first-order chi connectivity index (χ1) is 15.0. The highest BCUT2D eigenvalue weighted by Crippen LogP contribution is 2.34. The second-order valence-electron chi connectivity index (χ2n) is 8.78. The molecule has 1 amide bonds. The van der Waals surface area contributed by atoms with Crippen LogP contribution in [0, 0.1) is 0 Å². The summed E-state index contributed by atoms with van der Waals surface area (Å²) in [5, 5.41) is 18.5. The number of aryl methyl sites for hydroxylation is 2. The van der Waals surface area contributed by atoms with E-state index in [4.69, 9.17) is 0 Å². The predicted octanol–water partition coefficient (Wildman–Crippen LogP) is 3.50. The third kappa shape index (κ3) is 3.65. The molecule has 1 N–H and O–H groups in total. The minimum atomic E-state index is -0.392. The number of aromatic nitrogens is 3. The van der Waals surface area contributed by atoms with Crippen LogP contribution in [0.1, 0.15) is 58.8 Å². The molecule has 2 aromatic carbocycles. The maximum absolute atomic E-state index is 13.1. The van der Waals surface area contributed by atoms with Crippen LogP contribution in [0.2, 0.25) is 0 Å². The summed E-state index contributed by atoms with van der Waals surface area (Å²) in [4.78, 5) is 15.0. The first-order valence-electron chi connectivity index (χ1n) is 11.1. The van der Waals surface area contributed by atoms with Gasteiger partial charge in [-0.15, -0.1) is 5.10 Å². The number of aliphatic hydroxyl groups is 1. The molecule has 5 rings (SSSR count). The molecule has 2 aliphatic rings. The van der Waals surface area contributed by atoms with Crippen LogP contribution >= 0.6 is 0 Å². The summed E-state index contributed by atoms with van der Waals surface area (Å²) in [6, 6.07) is 12.7. The molecule has 0 spiro atoms. The number of nitrogens with zero attached hydrogens (tertiary/aromatic N) is 4. The van der Waals surface area contributed by atoms with Gasteiger partial charge in [-0.2, -0.15) is 0 Å². The Bertz CT molecular complexity index is 1120. The number of carbonyl (C=O) groups is 1. The van der Waals surface area contributed by atoms with Crippen molar-refractivity contribution in [3.8, 4) is 11.3 Å². The molecule has 1 aliphatic heterocycles. The zero-order valence-electron chi connectivity index (χ0n) is 18.1. The first kappa shape index (κ1) is 19.9. The Hall–Kier alpha value is -2.99. The largest absolute Gasteiger partial charge is 0.391 e. The molecule has 0 saturated heterocycles. The Labute approximate surface area is 182 Å². The van der Waals surface area contributed by atoms with Gasteiger partial charge in [0.15, 0.2) is 0 Å². The topological polar surface area (TPSA) is 71.2 Å². The quantitative estimate of drug-likeness (QED) is 0.691. The molecule has 2 atom stereocenters. The summed E-state index contributed by atoms with van der Waals surface area (Å²) >= 11 is 0. The Balaban J connectivity index is 1.39. The van der Waals surface area contributed by atoms with Crippen molar-refractivity contribution in [1.29, 1.82) is 0 Å². The van der Waals surface area contributed by atoms with Gasteiger partial charge in [0, 0.05) is 24.7 Å². The lowest BCUT2D eigenvalue weighted by Crippen LogP contribution is -2.40. The Morgan fingerprint density at radius 2 is 1.94 bits per heavy atom. The van der Waals surface area contributed by atoms with E-state index in [1.807, 2.05) is 18.1 Å². The highest BCUT2D eigenvalue weighted by molar-refractivity contribution is 5.99. The fourth-order valence-electron chi connectivity index (χ4n) is 5.02. The number of amides is 1. The molecular formula is C25H28N4O2. The van der Waals surface area contributed by atoms with Crippen molar-refractivity contribution in [2.45, 2.75) is 57.7 Å². The van der Waals surface area contributed by atoms with Gasteiger partial charge in [-0.1, -0.05) is 42.5 Å². The highest BCUT2D eigenvalue weighted by atomic mass is 16.3. The summed E-state index contributed by atoms with van der Waals surface area (Å²) in [6.07, 6.45) is 5.91. The van der Waals surface area contributed by atoms with Gasteiger partial charge in [0.25, 0.3) is 5.91 Å². The van der Waals surface area contributed by atoms with Crippen molar-refractivity contribution in [2.24, 2.45) is 7.05 Å². The van der Waals surface area contributed by atoms with Crippen molar-refractivity contribution in [3.63, 3.8) is 0 Å². The summed E-state index contributed by atoms with van der Waals surface area (Å²) < 4.78 is 1.70. The van der Waals surface area contributed by atoms with E-state index in [1.165, 1.54) is 16.7 Å². The van der Waals surface area contributed by atoms with Crippen molar-refractivity contribution in [1.82, 2.24) is 19.9 Å². The van der Waals surface area contributed by atoms with Gasteiger partial charge >= 0.3 is 0 Å². The molecule has 0 radical (unpaired) electrons. The summed E-state index contributed by atoms with van der Waals surface area (Å²) in [5.74, 6) is 0.0721. The maximum atomic E-state index is 13.1. The fraction of sp³-hybridized carbons (Fsp3) is 0.400. The van der Waals surface area contributed by atoms with E-state index in [1.54, 1.807) is 4.68 Å². The fourth-order valence-corrected chi connectivity index (χ4v) is 5.02. The zero-order valence-corrected chi connectivity index (χ0v) is 18.1. The normalized spacial score (nSPS) is 20.5. The van der Waals surface area contributed by atoms with Crippen LogP contribution in [0.5, 0.6) is 0 Å². The molecule has 31 heavy (non-hydrogen) atoms. The average Bonchev–Trinajstić information content (AvgIpc) is 3.47. The average molecular weight is 417 g/mol. The van der Waals surface area contributed by atoms with Crippen LogP contribution in [-0.2, 0) is 26.4 Å². The van der Waals surface area contributed by atoms with E-state index in [9.17, 15) is 9.90 Å². The number of benzene rings is 2. The molecule has 1 aromatic heterocycles. The molecule has 6 nitrogen and oxygen atoms in total. The van der Waals surface area contributed by atoms with E-state index >= 15 is 0 Å². The molecule has 1 saturated carbocycles. The lowest BCUT2D eigenvalue weighted by Gasteiger charge is -2.26. The second kappa shape index (κ2) is 7.93. The summed E-state index contributed by atoms with van der Waals surface area (Å²) in [7, 11) is 1.86. The minimum absolute atomic E-state index is 0.0398. The monoisotopic (exact) mass is 416 g/mol. The van der Waals surface area contributed by atoms with Crippen LogP contribution < -0.4 is 0 Å². The van der Waals surface area contributed by atoms with Crippen LogP contribution in [0.3, 0.4) is 0 Å². The SMILES string of the molecule is CCc1cc2c(cc1Cc1ccc(-c3cn(C)nn3)cc1)C(=O)N([C@H]1CCC[C@@H]1O)C2. The van der Waals surface area contributed by atoms with Gasteiger partial charge in [-0.05, 0) is 60.4 Å². The molecule has 0 unspecified atom stereocenters. The lowest BCUT2D eigenvalue weighted by atomic mass is 9.93. The zero-order chi connectivity index (χ0) is 21.5. The highest BCUT2D eigenvalue weighted by Gasteiger charge is 2.38.